The van der Waals surface area contributed by atoms with E-state index in [-0.39, 0.29) is 0 Å². The average molecular weight is 222 g/mol. The molecular formula is C15H26O. The van der Waals surface area contributed by atoms with Crippen molar-refractivity contribution >= 4 is 6.29 Å². The molecule has 0 aromatic heterocycles. The maximum atomic E-state index is 10.3. The Bertz CT molecular complexity index is 230. The minimum absolute atomic E-state index is 0.583. The second-order valence-electron chi connectivity index (χ2n) is 5.61. The molecule has 1 aliphatic rings. The molecular weight excluding hydrogens is 196 g/mol. The van der Waals surface area contributed by atoms with Gasteiger partial charge in [0.05, 0.1) is 0 Å². The maximum Gasteiger partial charge on any atom is 0.119 e. The first-order chi connectivity index (χ1) is 7.68. The first-order valence-electron chi connectivity index (χ1n) is 6.76. The van der Waals surface area contributed by atoms with Crippen molar-refractivity contribution in [2.45, 2.75) is 71.6 Å². The van der Waals surface area contributed by atoms with Crippen LogP contribution in [0, 0.1) is 5.41 Å². The summed E-state index contributed by atoms with van der Waals surface area (Å²) in [7, 11) is 0. The van der Waals surface area contributed by atoms with Crippen LogP contribution >= 0.6 is 0 Å². The third-order valence-electron chi connectivity index (χ3n) is 3.89. The van der Waals surface area contributed by atoms with E-state index in [2.05, 4.69) is 19.9 Å². The lowest BCUT2D eigenvalue weighted by Gasteiger charge is -2.28. The number of hydrogen-bond acceptors (Lipinski definition) is 1. The molecule has 0 atom stereocenters. The maximum absolute atomic E-state index is 10.3. The van der Waals surface area contributed by atoms with Crippen LogP contribution in [0.15, 0.2) is 11.6 Å². The van der Waals surface area contributed by atoms with Crippen molar-refractivity contribution in [2.75, 3.05) is 0 Å². The SMILES string of the molecule is CC(C)=CCC1(CCCCC=O)CCCC1. The molecule has 92 valence electrons. The molecule has 0 heterocycles. The van der Waals surface area contributed by atoms with Crippen molar-refractivity contribution in [2.24, 2.45) is 5.41 Å². The Morgan fingerprint density at radius 1 is 1.19 bits per heavy atom. The van der Waals surface area contributed by atoms with Gasteiger partial charge in [0, 0.05) is 6.42 Å². The molecule has 0 radical (unpaired) electrons. The van der Waals surface area contributed by atoms with Crippen LogP contribution in [0.4, 0.5) is 0 Å². The molecule has 0 amide bonds. The van der Waals surface area contributed by atoms with Gasteiger partial charge in [0.1, 0.15) is 6.29 Å². The van der Waals surface area contributed by atoms with Crippen molar-refractivity contribution in [3.05, 3.63) is 11.6 Å². The Hall–Kier alpha value is -0.590. The van der Waals surface area contributed by atoms with E-state index in [1.165, 1.54) is 50.5 Å². The van der Waals surface area contributed by atoms with Gasteiger partial charge in [-0.25, -0.2) is 0 Å². The number of allylic oxidation sites excluding steroid dienone is 2. The molecule has 1 rings (SSSR count). The highest BCUT2D eigenvalue weighted by molar-refractivity contribution is 5.48. The topological polar surface area (TPSA) is 17.1 Å². The van der Waals surface area contributed by atoms with Gasteiger partial charge in [0.2, 0.25) is 0 Å². The molecule has 1 saturated carbocycles. The van der Waals surface area contributed by atoms with E-state index in [0.29, 0.717) is 5.41 Å². The fraction of sp³-hybridized carbons (Fsp3) is 0.800. The predicted octanol–water partition coefficient (Wildman–Crippen LogP) is 4.66. The van der Waals surface area contributed by atoms with E-state index in [9.17, 15) is 4.79 Å². The fourth-order valence-electron chi connectivity index (χ4n) is 2.83. The Kier molecular flexibility index (Phi) is 5.79. The smallest absolute Gasteiger partial charge is 0.119 e. The highest BCUT2D eigenvalue weighted by Gasteiger charge is 2.31. The minimum atomic E-state index is 0.583. The van der Waals surface area contributed by atoms with Crippen LogP contribution in [-0.4, -0.2) is 6.29 Å². The third-order valence-corrected chi connectivity index (χ3v) is 3.89. The molecule has 0 spiro atoms. The third kappa shape index (κ3) is 4.51. The van der Waals surface area contributed by atoms with Gasteiger partial charge < -0.3 is 4.79 Å². The molecule has 1 nitrogen and oxygen atoms in total. The van der Waals surface area contributed by atoms with Gasteiger partial charge in [0.25, 0.3) is 0 Å². The van der Waals surface area contributed by atoms with E-state index in [1.54, 1.807) is 0 Å². The summed E-state index contributed by atoms with van der Waals surface area (Å²) in [5, 5.41) is 0. The summed E-state index contributed by atoms with van der Waals surface area (Å²) in [5.74, 6) is 0. The number of unbranched alkanes of at least 4 members (excludes halogenated alkanes) is 2. The van der Waals surface area contributed by atoms with Crippen LogP contribution in [0.5, 0.6) is 0 Å². The summed E-state index contributed by atoms with van der Waals surface area (Å²) in [4.78, 5) is 10.3. The second-order valence-corrected chi connectivity index (χ2v) is 5.61. The van der Waals surface area contributed by atoms with Crippen LogP contribution in [0.2, 0.25) is 0 Å². The molecule has 1 aliphatic carbocycles. The highest BCUT2D eigenvalue weighted by Crippen LogP contribution is 2.45. The van der Waals surface area contributed by atoms with Gasteiger partial charge >= 0.3 is 0 Å². The summed E-state index contributed by atoms with van der Waals surface area (Å²) in [6, 6.07) is 0. The van der Waals surface area contributed by atoms with Crippen LogP contribution < -0.4 is 0 Å². The lowest BCUT2D eigenvalue weighted by molar-refractivity contribution is -0.107. The van der Waals surface area contributed by atoms with Crippen LogP contribution in [-0.2, 0) is 4.79 Å². The van der Waals surface area contributed by atoms with E-state index in [0.717, 1.165) is 19.1 Å². The van der Waals surface area contributed by atoms with Crippen molar-refractivity contribution in [1.82, 2.24) is 0 Å². The van der Waals surface area contributed by atoms with Gasteiger partial charge in [-0.2, -0.15) is 0 Å². The molecule has 0 aliphatic heterocycles. The molecule has 0 N–H and O–H groups in total. The molecule has 1 fully saturated rings. The van der Waals surface area contributed by atoms with Crippen LogP contribution in [0.1, 0.15) is 71.6 Å². The lowest BCUT2D eigenvalue weighted by atomic mass is 9.77. The molecule has 0 aromatic carbocycles. The fourth-order valence-corrected chi connectivity index (χ4v) is 2.83. The van der Waals surface area contributed by atoms with Crippen molar-refractivity contribution in [3.63, 3.8) is 0 Å². The minimum Gasteiger partial charge on any atom is -0.303 e. The lowest BCUT2D eigenvalue weighted by Crippen LogP contribution is -2.15. The largest absolute Gasteiger partial charge is 0.303 e. The van der Waals surface area contributed by atoms with Gasteiger partial charge in [-0.3, -0.25) is 0 Å². The summed E-state index contributed by atoms with van der Waals surface area (Å²) in [6.45, 7) is 4.38. The summed E-state index contributed by atoms with van der Waals surface area (Å²) < 4.78 is 0. The Morgan fingerprint density at radius 3 is 2.44 bits per heavy atom. The Labute approximate surface area is 100 Å². The average Bonchev–Trinajstić information content (AvgIpc) is 2.71. The van der Waals surface area contributed by atoms with Gasteiger partial charge in [-0.05, 0) is 51.4 Å². The monoisotopic (exact) mass is 222 g/mol. The summed E-state index contributed by atoms with van der Waals surface area (Å²) in [6.07, 6.45) is 14.7. The van der Waals surface area contributed by atoms with Gasteiger partial charge in [-0.1, -0.05) is 30.9 Å². The zero-order chi connectivity index (χ0) is 11.9. The van der Waals surface area contributed by atoms with Crippen molar-refractivity contribution in [1.29, 1.82) is 0 Å². The number of aldehydes is 1. The Morgan fingerprint density at radius 2 is 1.88 bits per heavy atom. The summed E-state index contributed by atoms with van der Waals surface area (Å²) in [5.41, 5.74) is 2.03. The molecule has 0 bridgehead atoms. The first kappa shape index (κ1) is 13.5. The zero-order valence-electron chi connectivity index (χ0n) is 10.9. The number of carbonyl (C=O) groups is 1. The van der Waals surface area contributed by atoms with Gasteiger partial charge in [-0.15, -0.1) is 0 Å². The Balaban J connectivity index is 2.39. The molecule has 0 aromatic rings. The normalized spacial score (nSPS) is 18.4. The quantitative estimate of drug-likeness (QED) is 0.348. The molecule has 16 heavy (non-hydrogen) atoms. The van der Waals surface area contributed by atoms with E-state index in [4.69, 9.17) is 0 Å². The highest BCUT2D eigenvalue weighted by atomic mass is 16.1. The summed E-state index contributed by atoms with van der Waals surface area (Å²) >= 11 is 0. The van der Waals surface area contributed by atoms with E-state index >= 15 is 0 Å². The van der Waals surface area contributed by atoms with Crippen molar-refractivity contribution in [3.8, 4) is 0 Å². The number of hydrogen-bond donors (Lipinski definition) is 0. The van der Waals surface area contributed by atoms with Crippen LogP contribution in [0.25, 0.3) is 0 Å². The number of rotatable bonds is 7. The van der Waals surface area contributed by atoms with Crippen LogP contribution in [0.3, 0.4) is 0 Å². The molecule has 1 heteroatoms. The standard InChI is InChI=1S/C15H26O/c1-14(2)8-12-15(10-5-6-11-15)9-4-3-7-13-16/h8,13H,3-7,9-12H2,1-2H3. The predicted molar refractivity (Wildman–Crippen MR) is 69.5 cm³/mol. The first-order valence-corrected chi connectivity index (χ1v) is 6.76. The van der Waals surface area contributed by atoms with Crippen molar-refractivity contribution < 1.29 is 4.79 Å². The van der Waals surface area contributed by atoms with E-state index < -0.39 is 0 Å². The zero-order valence-corrected chi connectivity index (χ0v) is 10.9. The molecule has 0 unspecified atom stereocenters. The van der Waals surface area contributed by atoms with E-state index in [1.807, 2.05) is 0 Å². The second kappa shape index (κ2) is 6.88. The van der Waals surface area contributed by atoms with Gasteiger partial charge in [0.15, 0.2) is 0 Å². The number of carbonyl (C=O) groups excluding carboxylic acids is 1. The molecule has 0 saturated heterocycles.